The molecule has 0 saturated carbocycles. The molecule has 0 saturated heterocycles. The summed E-state index contributed by atoms with van der Waals surface area (Å²) in [5, 5.41) is 11.4. The van der Waals surface area contributed by atoms with Gasteiger partial charge in [0.1, 0.15) is 11.5 Å². The molecule has 1 unspecified atom stereocenters. The van der Waals surface area contributed by atoms with Gasteiger partial charge in [0.25, 0.3) is 5.91 Å². The van der Waals surface area contributed by atoms with Gasteiger partial charge in [-0.25, -0.2) is 9.37 Å². The predicted octanol–water partition coefficient (Wildman–Crippen LogP) is 0.721. The molecule has 1 aromatic heterocycles. The van der Waals surface area contributed by atoms with E-state index < -0.39 is 11.7 Å². The molecule has 1 aromatic rings. The summed E-state index contributed by atoms with van der Waals surface area (Å²) in [6.45, 7) is 1.72. The number of amides is 1. The van der Waals surface area contributed by atoms with Crippen molar-refractivity contribution >= 4 is 5.91 Å². The summed E-state index contributed by atoms with van der Waals surface area (Å²) in [5.74, 6) is -0.892. The highest BCUT2D eigenvalue weighted by Gasteiger charge is 2.11. The lowest BCUT2D eigenvalue weighted by Gasteiger charge is -2.13. The van der Waals surface area contributed by atoms with Crippen LogP contribution in [0, 0.1) is 5.82 Å². The molecule has 2 N–H and O–H groups in total. The second-order valence-corrected chi connectivity index (χ2v) is 3.12. The Kier molecular flexibility index (Phi) is 4.17. The first-order valence-corrected chi connectivity index (χ1v) is 4.70. The van der Waals surface area contributed by atoms with Gasteiger partial charge < -0.3 is 10.4 Å². The maximum absolute atomic E-state index is 12.5. The smallest absolute Gasteiger partial charge is 0.270 e. The van der Waals surface area contributed by atoms with Gasteiger partial charge in [0.15, 0.2) is 0 Å². The van der Waals surface area contributed by atoms with E-state index in [0.717, 1.165) is 6.20 Å². The van der Waals surface area contributed by atoms with E-state index in [9.17, 15) is 9.18 Å². The number of nitrogens with zero attached hydrogens (tertiary/aromatic N) is 1. The van der Waals surface area contributed by atoms with Crippen LogP contribution in [0.4, 0.5) is 4.39 Å². The fourth-order valence-corrected chi connectivity index (χ4v) is 1.05. The van der Waals surface area contributed by atoms with E-state index in [1.54, 1.807) is 0 Å². The SMILES string of the molecule is CCC(CO)NC(=O)c1ccc(F)cn1. The van der Waals surface area contributed by atoms with Crippen LogP contribution in [0.5, 0.6) is 0 Å². The molecule has 0 fully saturated rings. The standard InChI is InChI=1S/C10H13FN2O2/c1-2-8(6-14)13-10(15)9-4-3-7(11)5-12-9/h3-5,8,14H,2,6H2,1H3,(H,13,15). The number of aliphatic hydroxyl groups is 1. The Morgan fingerprint density at radius 2 is 2.40 bits per heavy atom. The lowest BCUT2D eigenvalue weighted by atomic mass is 10.2. The Morgan fingerprint density at radius 1 is 1.67 bits per heavy atom. The molecule has 0 aliphatic heterocycles. The first kappa shape index (κ1) is 11.6. The lowest BCUT2D eigenvalue weighted by molar-refractivity contribution is 0.0910. The molecule has 1 amide bonds. The Bertz CT molecular complexity index is 323. The number of carbonyl (C=O) groups is 1. The van der Waals surface area contributed by atoms with Gasteiger partial charge in [-0.15, -0.1) is 0 Å². The second-order valence-electron chi connectivity index (χ2n) is 3.12. The van der Waals surface area contributed by atoms with E-state index in [0.29, 0.717) is 6.42 Å². The quantitative estimate of drug-likeness (QED) is 0.773. The van der Waals surface area contributed by atoms with Crippen molar-refractivity contribution in [3.05, 3.63) is 29.8 Å². The Balaban J connectivity index is 2.64. The molecule has 5 heteroatoms. The van der Waals surface area contributed by atoms with Crippen LogP contribution in [0.1, 0.15) is 23.8 Å². The number of halogens is 1. The van der Waals surface area contributed by atoms with Crippen LogP contribution in [0.25, 0.3) is 0 Å². The highest BCUT2D eigenvalue weighted by Crippen LogP contribution is 1.99. The number of aliphatic hydroxyl groups excluding tert-OH is 1. The molecule has 1 heterocycles. The van der Waals surface area contributed by atoms with Crippen LogP contribution in [-0.2, 0) is 0 Å². The van der Waals surface area contributed by atoms with E-state index in [1.165, 1.54) is 12.1 Å². The van der Waals surface area contributed by atoms with Gasteiger partial charge in [0.2, 0.25) is 0 Å². The van der Waals surface area contributed by atoms with Crippen molar-refractivity contribution in [3.8, 4) is 0 Å². The average molecular weight is 212 g/mol. The maximum atomic E-state index is 12.5. The Hall–Kier alpha value is -1.49. The van der Waals surface area contributed by atoms with Crippen molar-refractivity contribution in [2.45, 2.75) is 19.4 Å². The largest absolute Gasteiger partial charge is 0.394 e. The molecule has 0 radical (unpaired) electrons. The minimum atomic E-state index is -0.485. The summed E-state index contributed by atoms with van der Waals surface area (Å²) in [4.78, 5) is 15.1. The summed E-state index contributed by atoms with van der Waals surface area (Å²) in [7, 11) is 0. The zero-order valence-electron chi connectivity index (χ0n) is 8.40. The third-order valence-corrected chi connectivity index (χ3v) is 2.01. The number of nitrogens with one attached hydrogen (secondary N) is 1. The number of carbonyl (C=O) groups excluding carboxylic acids is 1. The van der Waals surface area contributed by atoms with E-state index in [4.69, 9.17) is 5.11 Å². The first-order chi connectivity index (χ1) is 7.17. The predicted molar refractivity (Wildman–Crippen MR) is 52.8 cm³/mol. The van der Waals surface area contributed by atoms with E-state index in [1.807, 2.05) is 6.92 Å². The fourth-order valence-electron chi connectivity index (χ4n) is 1.05. The summed E-state index contributed by atoms with van der Waals surface area (Å²) in [6, 6.07) is 2.18. The third kappa shape index (κ3) is 3.28. The third-order valence-electron chi connectivity index (χ3n) is 2.01. The van der Waals surface area contributed by atoms with Crippen LogP contribution in [0.2, 0.25) is 0 Å². The number of hydrogen-bond donors (Lipinski definition) is 2. The summed E-state index contributed by atoms with van der Waals surface area (Å²) < 4.78 is 12.5. The maximum Gasteiger partial charge on any atom is 0.270 e. The van der Waals surface area contributed by atoms with Crippen molar-refractivity contribution in [1.29, 1.82) is 0 Å². The molecule has 15 heavy (non-hydrogen) atoms. The normalized spacial score (nSPS) is 12.2. The number of rotatable bonds is 4. The van der Waals surface area contributed by atoms with Gasteiger partial charge in [0.05, 0.1) is 18.8 Å². The topological polar surface area (TPSA) is 62.2 Å². The second kappa shape index (κ2) is 5.41. The molecule has 0 spiro atoms. The number of hydrogen-bond acceptors (Lipinski definition) is 3. The van der Waals surface area contributed by atoms with Crippen molar-refractivity contribution in [3.63, 3.8) is 0 Å². The highest BCUT2D eigenvalue weighted by atomic mass is 19.1. The molecule has 82 valence electrons. The fraction of sp³-hybridized carbons (Fsp3) is 0.400. The van der Waals surface area contributed by atoms with Gasteiger partial charge >= 0.3 is 0 Å². The zero-order chi connectivity index (χ0) is 11.3. The van der Waals surface area contributed by atoms with E-state index >= 15 is 0 Å². The Labute approximate surface area is 87.1 Å². The van der Waals surface area contributed by atoms with Crippen LogP contribution < -0.4 is 5.32 Å². The highest BCUT2D eigenvalue weighted by molar-refractivity contribution is 5.92. The van der Waals surface area contributed by atoms with Crippen molar-refractivity contribution in [2.24, 2.45) is 0 Å². The summed E-state index contributed by atoms with van der Waals surface area (Å²) in [5.41, 5.74) is 0.142. The monoisotopic (exact) mass is 212 g/mol. The Morgan fingerprint density at radius 3 is 2.87 bits per heavy atom. The molecule has 4 nitrogen and oxygen atoms in total. The van der Waals surface area contributed by atoms with Crippen LogP contribution >= 0.6 is 0 Å². The molecular formula is C10H13FN2O2. The van der Waals surface area contributed by atoms with Gasteiger partial charge in [-0.05, 0) is 18.6 Å². The number of pyridine rings is 1. The molecule has 1 rings (SSSR count). The molecule has 0 aliphatic carbocycles. The van der Waals surface area contributed by atoms with E-state index in [-0.39, 0.29) is 18.3 Å². The minimum absolute atomic E-state index is 0.122. The molecule has 0 bridgehead atoms. The van der Waals surface area contributed by atoms with Crippen molar-refractivity contribution in [2.75, 3.05) is 6.61 Å². The van der Waals surface area contributed by atoms with Crippen LogP contribution in [0.15, 0.2) is 18.3 Å². The summed E-state index contributed by atoms with van der Waals surface area (Å²) in [6.07, 6.45) is 1.61. The first-order valence-electron chi connectivity index (χ1n) is 4.70. The molecule has 1 atom stereocenters. The van der Waals surface area contributed by atoms with Gasteiger partial charge in [-0.2, -0.15) is 0 Å². The average Bonchev–Trinajstić information content (AvgIpc) is 2.26. The zero-order valence-corrected chi connectivity index (χ0v) is 8.40. The number of aromatic nitrogens is 1. The molecule has 0 aliphatic rings. The van der Waals surface area contributed by atoms with Crippen molar-refractivity contribution in [1.82, 2.24) is 10.3 Å². The van der Waals surface area contributed by atoms with E-state index in [2.05, 4.69) is 10.3 Å². The summed E-state index contributed by atoms with van der Waals surface area (Å²) >= 11 is 0. The van der Waals surface area contributed by atoms with Gasteiger partial charge in [-0.1, -0.05) is 6.92 Å². The van der Waals surface area contributed by atoms with Crippen LogP contribution in [0.3, 0.4) is 0 Å². The van der Waals surface area contributed by atoms with Crippen molar-refractivity contribution < 1.29 is 14.3 Å². The molecular weight excluding hydrogens is 199 g/mol. The van der Waals surface area contributed by atoms with Crippen LogP contribution in [-0.4, -0.2) is 28.6 Å². The minimum Gasteiger partial charge on any atom is -0.394 e. The molecule has 0 aromatic carbocycles. The van der Waals surface area contributed by atoms with Gasteiger partial charge in [0, 0.05) is 0 Å². The van der Waals surface area contributed by atoms with Gasteiger partial charge in [-0.3, -0.25) is 4.79 Å². The lowest BCUT2D eigenvalue weighted by Crippen LogP contribution is -2.37.